The maximum atomic E-state index is 12.5. The SMILES string of the molecule is COC(=O)C1=CC[C@@H](c2ccc([N+](=O)[O-])cc2)C(C(=O)OC)C1=O. The lowest BCUT2D eigenvalue weighted by molar-refractivity contribution is -0.384. The van der Waals surface area contributed by atoms with Crippen LogP contribution in [0.1, 0.15) is 17.9 Å². The van der Waals surface area contributed by atoms with E-state index in [2.05, 4.69) is 9.47 Å². The molecule has 126 valence electrons. The number of nitro groups is 1. The van der Waals surface area contributed by atoms with Crippen LogP contribution in [-0.4, -0.2) is 36.9 Å². The maximum absolute atomic E-state index is 12.5. The molecule has 1 aliphatic carbocycles. The fourth-order valence-corrected chi connectivity index (χ4v) is 2.70. The molecule has 0 spiro atoms. The van der Waals surface area contributed by atoms with Crippen molar-refractivity contribution in [1.82, 2.24) is 0 Å². The van der Waals surface area contributed by atoms with Gasteiger partial charge in [-0.1, -0.05) is 18.2 Å². The Morgan fingerprint density at radius 1 is 1.17 bits per heavy atom. The predicted octanol–water partition coefficient (Wildman–Crippen LogP) is 1.54. The second kappa shape index (κ2) is 7.03. The molecule has 0 aliphatic heterocycles. The lowest BCUT2D eigenvalue weighted by Crippen LogP contribution is -2.37. The Hall–Kier alpha value is -3.03. The Bertz CT molecular complexity index is 720. The van der Waals surface area contributed by atoms with Gasteiger partial charge in [0.05, 0.1) is 24.7 Å². The number of allylic oxidation sites excluding steroid dienone is 1. The van der Waals surface area contributed by atoms with Crippen LogP contribution in [0.2, 0.25) is 0 Å². The summed E-state index contributed by atoms with van der Waals surface area (Å²) >= 11 is 0. The molecule has 1 aromatic carbocycles. The summed E-state index contributed by atoms with van der Waals surface area (Å²) in [5.74, 6) is -4.02. The first-order chi connectivity index (χ1) is 11.4. The number of nitrogens with zero attached hydrogens (tertiary/aromatic N) is 1. The number of carbonyl (C=O) groups excluding carboxylic acids is 3. The summed E-state index contributed by atoms with van der Waals surface area (Å²) in [6.45, 7) is 0. The molecule has 2 atom stereocenters. The molecule has 1 aliphatic rings. The van der Waals surface area contributed by atoms with Gasteiger partial charge in [0.15, 0.2) is 5.78 Å². The molecule has 1 unspecified atom stereocenters. The van der Waals surface area contributed by atoms with Crippen LogP contribution in [-0.2, 0) is 23.9 Å². The van der Waals surface area contributed by atoms with E-state index in [1.165, 1.54) is 30.3 Å². The van der Waals surface area contributed by atoms with E-state index in [0.717, 1.165) is 14.2 Å². The first-order valence-corrected chi connectivity index (χ1v) is 7.05. The van der Waals surface area contributed by atoms with Gasteiger partial charge in [-0.05, 0) is 12.0 Å². The number of carbonyl (C=O) groups is 3. The summed E-state index contributed by atoms with van der Waals surface area (Å²) < 4.78 is 9.24. The topological polar surface area (TPSA) is 113 Å². The lowest BCUT2D eigenvalue weighted by Gasteiger charge is -2.27. The third-order valence-electron chi connectivity index (χ3n) is 3.92. The average molecular weight is 333 g/mol. The molecular formula is C16H15NO7. The smallest absolute Gasteiger partial charge is 0.341 e. The molecule has 0 heterocycles. The van der Waals surface area contributed by atoms with Crippen LogP contribution >= 0.6 is 0 Å². The minimum absolute atomic E-state index is 0.0960. The maximum Gasteiger partial charge on any atom is 0.341 e. The average Bonchev–Trinajstić information content (AvgIpc) is 2.60. The van der Waals surface area contributed by atoms with Gasteiger partial charge in [-0.15, -0.1) is 0 Å². The minimum Gasteiger partial charge on any atom is -0.468 e. The minimum atomic E-state index is -1.20. The Morgan fingerprint density at radius 3 is 2.29 bits per heavy atom. The first-order valence-electron chi connectivity index (χ1n) is 7.05. The number of non-ortho nitro benzene ring substituents is 1. The number of hydrogen-bond donors (Lipinski definition) is 0. The first kappa shape index (κ1) is 17.3. The molecule has 24 heavy (non-hydrogen) atoms. The molecule has 0 aromatic heterocycles. The highest BCUT2D eigenvalue weighted by atomic mass is 16.6. The summed E-state index contributed by atoms with van der Waals surface area (Å²) in [5, 5.41) is 10.7. The van der Waals surface area contributed by atoms with Gasteiger partial charge in [0.1, 0.15) is 5.92 Å². The van der Waals surface area contributed by atoms with Crippen molar-refractivity contribution in [2.75, 3.05) is 14.2 Å². The Kier molecular flexibility index (Phi) is 5.08. The van der Waals surface area contributed by atoms with Gasteiger partial charge in [0.25, 0.3) is 5.69 Å². The highest BCUT2D eigenvalue weighted by Crippen LogP contribution is 2.37. The Balaban J connectivity index is 2.42. The number of rotatable bonds is 4. The lowest BCUT2D eigenvalue weighted by atomic mass is 9.75. The second-order valence-corrected chi connectivity index (χ2v) is 5.17. The Morgan fingerprint density at radius 2 is 1.79 bits per heavy atom. The largest absolute Gasteiger partial charge is 0.468 e. The second-order valence-electron chi connectivity index (χ2n) is 5.17. The van der Waals surface area contributed by atoms with E-state index in [4.69, 9.17) is 0 Å². The van der Waals surface area contributed by atoms with Crippen molar-refractivity contribution in [1.29, 1.82) is 0 Å². The van der Waals surface area contributed by atoms with Crippen LogP contribution in [0.15, 0.2) is 35.9 Å². The molecule has 0 N–H and O–H groups in total. The molecule has 8 nitrogen and oxygen atoms in total. The predicted molar refractivity (Wildman–Crippen MR) is 81.1 cm³/mol. The molecule has 1 aromatic rings. The Labute approximate surface area is 137 Å². The monoisotopic (exact) mass is 333 g/mol. The fourth-order valence-electron chi connectivity index (χ4n) is 2.70. The number of methoxy groups -OCH3 is 2. The third-order valence-corrected chi connectivity index (χ3v) is 3.92. The molecule has 0 bridgehead atoms. The number of Topliss-reactive ketones (excluding diaryl/α,β-unsaturated/α-hetero) is 1. The van der Waals surface area contributed by atoms with Crippen LogP contribution in [0.5, 0.6) is 0 Å². The molecule has 8 heteroatoms. The number of esters is 2. The van der Waals surface area contributed by atoms with Crippen LogP contribution in [0.3, 0.4) is 0 Å². The zero-order valence-electron chi connectivity index (χ0n) is 13.1. The van der Waals surface area contributed by atoms with Crippen molar-refractivity contribution in [2.24, 2.45) is 5.92 Å². The summed E-state index contributed by atoms with van der Waals surface area (Å²) in [6.07, 6.45) is 1.65. The number of nitro benzene ring substituents is 1. The zero-order chi connectivity index (χ0) is 17.9. The molecule has 2 rings (SSSR count). The number of ether oxygens (including phenoxy) is 2. The van der Waals surface area contributed by atoms with Crippen molar-refractivity contribution >= 4 is 23.4 Å². The van der Waals surface area contributed by atoms with E-state index in [1.807, 2.05) is 0 Å². The summed E-state index contributed by atoms with van der Waals surface area (Å²) in [7, 11) is 2.30. The van der Waals surface area contributed by atoms with Crippen molar-refractivity contribution in [2.45, 2.75) is 12.3 Å². The standard InChI is InChI=1S/C16H15NO7/c1-23-15(19)12-8-7-11(13(14(12)18)16(20)24-2)9-3-5-10(6-4-9)17(21)22/h3-6,8,11,13H,7H2,1-2H3/t11-,13?/m0/s1. The van der Waals surface area contributed by atoms with Crippen molar-refractivity contribution < 1.29 is 28.8 Å². The molecular weight excluding hydrogens is 318 g/mol. The fraction of sp³-hybridized carbons (Fsp3) is 0.312. The van der Waals surface area contributed by atoms with E-state index >= 15 is 0 Å². The number of benzene rings is 1. The summed E-state index contributed by atoms with van der Waals surface area (Å²) in [5.41, 5.74) is 0.289. The normalized spacial score (nSPS) is 20.1. The molecule has 0 radical (unpaired) electrons. The van der Waals surface area contributed by atoms with Crippen LogP contribution in [0.4, 0.5) is 5.69 Å². The van der Waals surface area contributed by atoms with E-state index in [1.54, 1.807) is 0 Å². The van der Waals surface area contributed by atoms with Crippen molar-refractivity contribution in [3.05, 3.63) is 51.6 Å². The molecule has 0 fully saturated rings. The van der Waals surface area contributed by atoms with E-state index in [9.17, 15) is 24.5 Å². The van der Waals surface area contributed by atoms with Crippen LogP contribution in [0.25, 0.3) is 0 Å². The van der Waals surface area contributed by atoms with Gasteiger partial charge in [-0.25, -0.2) is 4.79 Å². The number of hydrogen-bond acceptors (Lipinski definition) is 7. The van der Waals surface area contributed by atoms with Gasteiger partial charge < -0.3 is 9.47 Å². The van der Waals surface area contributed by atoms with Crippen molar-refractivity contribution in [3.8, 4) is 0 Å². The van der Waals surface area contributed by atoms with Gasteiger partial charge in [0, 0.05) is 18.1 Å². The summed E-state index contributed by atoms with van der Waals surface area (Å²) in [6, 6.07) is 5.58. The van der Waals surface area contributed by atoms with Crippen LogP contribution < -0.4 is 0 Å². The van der Waals surface area contributed by atoms with Gasteiger partial charge in [0.2, 0.25) is 0 Å². The van der Waals surface area contributed by atoms with Crippen LogP contribution in [0, 0.1) is 16.0 Å². The molecule has 0 amide bonds. The molecule has 0 saturated carbocycles. The van der Waals surface area contributed by atoms with Gasteiger partial charge in [-0.3, -0.25) is 19.7 Å². The van der Waals surface area contributed by atoms with Gasteiger partial charge in [-0.2, -0.15) is 0 Å². The molecule has 0 saturated heterocycles. The number of ketones is 1. The highest BCUT2D eigenvalue weighted by Gasteiger charge is 2.42. The quantitative estimate of drug-likeness (QED) is 0.270. The van der Waals surface area contributed by atoms with E-state index in [0.29, 0.717) is 5.56 Å². The summed E-state index contributed by atoms with van der Waals surface area (Å²) in [4.78, 5) is 46.4. The van der Waals surface area contributed by atoms with Crippen molar-refractivity contribution in [3.63, 3.8) is 0 Å². The van der Waals surface area contributed by atoms with E-state index in [-0.39, 0.29) is 17.7 Å². The third kappa shape index (κ3) is 3.17. The van der Waals surface area contributed by atoms with Gasteiger partial charge >= 0.3 is 11.9 Å². The van der Waals surface area contributed by atoms with E-state index < -0.39 is 34.5 Å². The highest BCUT2D eigenvalue weighted by molar-refractivity contribution is 6.23. The zero-order valence-corrected chi connectivity index (χ0v) is 13.1.